The van der Waals surface area contributed by atoms with Gasteiger partial charge in [0.1, 0.15) is 0 Å². The second-order valence-electron chi connectivity index (χ2n) is 6.20. The lowest BCUT2D eigenvalue weighted by molar-refractivity contribution is 0.0581. The van der Waals surface area contributed by atoms with E-state index in [1.165, 1.54) is 32.1 Å². The van der Waals surface area contributed by atoms with Crippen LogP contribution < -0.4 is 0 Å². The first kappa shape index (κ1) is 12.9. The van der Waals surface area contributed by atoms with E-state index in [2.05, 4.69) is 4.90 Å². The van der Waals surface area contributed by atoms with Gasteiger partial charge in [-0.25, -0.2) is 8.42 Å². The summed E-state index contributed by atoms with van der Waals surface area (Å²) in [6.07, 6.45) is 6.89. The number of hydrogen-bond donors (Lipinski definition) is 1. The van der Waals surface area contributed by atoms with Crippen molar-refractivity contribution in [2.75, 3.05) is 18.1 Å². The van der Waals surface area contributed by atoms with Gasteiger partial charge < -0.3 is 5.11 Å². The molecule has 3 fully saturated rings. The minimum Gasteiger partial charge on any atom is -0.390 e. The van der Waals surface area contributed by atoms with E-state index in [4.69, 9.17) is 0 Å². The van der Waals surface area contributed by atoms with E-state index < -0.39 is 15.9 Å². The molecule has 104 valence electrons. The minimum absolute atomic E-state index is 0.0362. The van der Waals surface area contributed by atoms with Crippen molar-refractivity contribution in [3.8, 4) is 0 Å². The van der Waals surface area contributed by atoms with Gasteiger partial charge in [0.15, 0.2) is 9.84 Å². The zero-order valence-corrected chi connectivity index (χ0v) is 11.6. The Kier molecular flexibility index (Phi) is 3.41. The maximum absolute atomic E-state index is 11.6. The van der Waals surface area contributed by atoms with Crippen LogP contribution in [0.2, 0.25) is 0 Å². The molecule has 3 atom stereocenters. The summed E-state index contributed by atoms with van der Waals surface area (Å²) in [5.41, 5.74) is 0. The standard InChI is InChI=1S/C13H23NO3S/c15-13-9-18(16,17)8-12(13)14-7-3-6-11(14)10-4-1-2-5-10/h10-13,15H,1-9H2. The van der Waals surface area contributed by atoms with Gasteiger partial charge in [-0.05, 0) is 38.1 Å². The molecule has 2 aliphatic heterocycles. The SMILES string of the molecule is O=S1(=O)CC(O)C(N2CCCC2C2CCCC2)C1. The molecule has 4 nitrogen and oxygen atoms in total. The van der Waals surface area contributed by atoms with Crippen LogP contribution >= 0.6 is 0 Å². The summed E-state index contributed by atoms with van der Waals surface area (Å²) in [5, 5.41) is 10.0. The molecule has 3 rings (SSSR count). The van der Waals surface area contributed by atoms with Crippen LogP contribution in [0, 0.1) is 5.92 Å². The number of hydrogen-bond acceptors (Lipinski definition) is 4. The molecule has 0 aromatic carbocycles. The van der Waals surface area contributed by atoms with Gasteiger partial charge >= 0.3 is 0 Å². The molecular weight excluding hydrogens is 250 g/mol. The van der Waals surface area contributed by atoms with Crippen molar-refractivity contribution in [1.82, 2.24) is 4.90 Å². The molecule has 1 aliphatic carbocycles. The number of nitrogens with zero attached hydrogens (tertiary/aromatic N) is 1. The maximum Gasteiger partial charge on any atom is 0.154 e. The first-order chi connectivity index (χ1) is 8.57. The highest BCUT2D eigenvalue weighted by molar-refractivity contribution is 7.91. The average Bonchev–Trinajstić information content (AvgIpc) is 2.97. The second-order valence-corrected chi connectivity index (χ2v) is 8.36. The molecule has 3 unspecified atom stereocenters. The van der Waals surface area contributed by atoms with Crippen LogP contribution in [0.5, 0.6) is 0 Å². The highest BCUT2D eigenvalue weighted by atomic mass is 32.2. The predicted octanol–water partition coefficient (Wildman–Crippen LogP) is 0.799. The lowest BCUT2D eigenvalue weighted by Gasteiger charge is -2.35. The maximum atomic E-state index is 11.6. The molecule has 3 aliphatic rings. The van der Waals surface area contributed by atoms with Crippen molar-refractivity contribution in [1.29, 1.82) is 0 Å². The molecule has 5 heteroatoms. The Balaban J connectivity index is 1.74. The van der Waals surface area contributed by atoms with Crippen LogP contribution in [0.25, 0.3) is 0 Å². The van der Waals surface area contributed by atoms with Crippen molar-refractivity contribution in [2.24, 2.45) is 5.92 Å². The molecule has 0 aromatic rings. The number of aliphatic hydroxyl groups is 1. The zero-order chi connectivity index (χ0) is 12.8. The van der Waals surface area contributed by atoms with Crippen molar-refractivity contribution in [2.45, 2.75) is 56.7 Å². The summed E-state index contributed by atoms with van der Waals surface area (Å²) in [7, 11) is -3.02. The monoisotopic (exact) mass is 273 g/mol. The van der Waals surface area contributed by atoms with Crippen molar-refractivity contribution < 1.29 is 13.5 Å². The fourth-order valence-corrected chi connectivity index (χ4v) is 6.01. The summed E-state index contributed by atoms with van der Waals surface area (Å²) in [5.74, 6) is 0.867. The van der Waals surface area contributed by atoms with Gasteiger partial charge in [0, 0.05) is 6.04 Å². The molecule has 2 saturated heterocycles. The second kappa shape index (κ2) is 4.76. The van der Waals surface area contributed by atoms with E-state index in [0.717, 1.165) is 18.9 Å². The molecule has 0 radical (unpaired) electrons. The molecule has 1 N–H and O–H groups in total. The number of sulfone groups is 1. The van der Waals surface area contributed by atoms with Gasteiger partial charge in [-0.2, -0.15) is 0 Å². The number of aliphatic hydroxyl groups excluding tert-OH is 1. The van der Waals surface area contributed by atoms with Gasteiger partial charge in [0.25, 0.3) is 0 Å². The summed E-state index contributed by atoms with van der Waals surface area (Å²) >= 11 is 0. The van der Waals surface area contributed by atoms with E-state index in [1.54, 1.807) is 0 Å². The lowest BCUT2D eigenvalue weighted by atomic mass is 9.95. The van der Waals surface area contributed by atoms with E-state index >= 15 is 0 Å². The quantitative estimate of drug-likeness (QED) is 0.808. The Hall–Kier alpha value is -0.130. The minimum atomic E-state index is -3.02. The first-order valence-corrected chi connectivity index (χ1v) is 9.03. The van der Waals surface area contributed by atoms with Crippen LogP contribution in [-0.4, -0.2) is 54.7 Å². The fourth-order valence-electron chi connectivity index (χ4n) is 4.20. The third-order valence-electron chi connectivity index (χ3n) is 5.01. The highest BCUT2D eigenvalue weighted by Gasteiger charge is 2.45. The van der Waals surface area contributed by atoms with Crippen LogP contribution in [-0.2, 0) is 9.84 Å². The third-order valence-corrected chi connectivity index (χ3v) is 6.70. The first-order valence-electron chi connectivity index (χ1n) is 7.21. The summed E-state index contributed by atoms with van der Waals surface area (Å²) < 4.78 is 23.3. The van der Waals surface area contributed by atoms with Crippen LogP contribution in [0.4, 0.5) is 0 Å². The topological polar surface area (TPSA) is 57.6 Å². The molecule has 0 spiro atoms. The largest absolute Gasteiger partial charge is 0.390 e. The summed E-state index contributed by atoms with van der Waals surface area (Å²) in [4.78, 5) is 2.32. The molecule has 2 heterocycles. The Morgan fingerprint density at radius 3 is 2.28 bits per heavy atom. The molecule has 18 heavy (non-hydrogen) atoms. The Bertz CT molecular complexity index is 402. The zero-order valence-electron chi connectivity index (χ0n) is 10.8. The van der Waals surface area contributed by atoms with Crippen LogP contribution in [0.3, 0.4) is 0 Å². The fraction of sp³-hybridized carbons (Fsp3) is 1.00. The Labute approximate surface area is 109 Å². The Morgan fingerprint density at radius 2 is 1.67 bits per heavy atom. The van der Waals surface area contributed by atoms with Gasteiger partial charge in [0.05, 0.1) is 23.7 Å². The van der Waals surface area contributed by atoms with Gasteiger partial charge in [-0.1, -0.05) is 12.8 Å². The molecule has 0 amide bonds. The molecule has 1 saturated carbocycles. The van der Waals surface area contributed by atoms with E-state index in [1.807, 2.05) is 0 Å². The van der Waals surface area contributed by atoms with E-state index in [0.29, 0.717) is 6.04 Å². The van der Waals surface area contributed by atoms with Crippen LogP contribution in [0.1, 0.15) is 38.5 Å². The molecular formula is C13H23NO3S. The van der Waals surface area contributed by atoms with Gasteiger partial charge in [-0.15, -0.1) is 0 Å². The summed E-state index contributed by atoms with van der Waals surface area (Å²) in [6.45, 7) is 0.971. The van der Waals surface area contributed by atoms with Gasteiger partial charge in [0.2, 0.25) is 0 Å². The van der Waals surface area contributed by atoms with Crippen molar-refractivity contribution >= 4 is 9.84 Å². The normalized spacial score (nSPS) is 41.7. The predicted molar refractivity (Wildman–Crippen MR) is 70.1 cm³/mol. The van der Waals surface area contributed by atoms with E-state index in [9.17, 15) is 13.5 Å². The Morgan fingerprint density at radius 1 is 0.944 bits per heavy atom. The average molecular weight is 273 g/mol. The smallest absolute Gasteiger partial charge is 0.154 e. The van der Waals surface area contributed by atoms with Gasteiger partial charge in [-0.3, -0.25) is 4.90 Å². The third kappa shape index (κ3) is 2.32. The summed E-state index contributed by atoms with van der Waals surface area (Å²) in [6, 6.07) is 0.392. The van der Waals surface area contributed by atoms with Crippen molar-refractivity contribution in [3.63, 3.8) is 0 Å². The highest BCUT2D eigenvalue weighted by Crippen LogP contribution is 2.37. The molecule has 0 bridgehead atoms. The van der Waals surface area contributed by atoms with Crippen molar-refractivity contribution in [3.05, 3.63) is 0 Å². The van der Waals surface area contributed by atoms with E-state index in [-0.39, 0.29) is 17.5 Å². The molecule has 0 aromatic heterocycles. The number of rotatable bonds is 2. The lowest BCUT2D eigenvalue weighted by Crippen LogP contribution is -2.47. The van der Waals surface area contributed by atoms with Crippen LogP contribution in [0.15, 0.2) is 0 Å². The number of likely N-dealkylation sites (tertiary alicyclic amines) is 1.